The average Bonchev–Trinajstić information content (AvgIpc) is 2.39. The zero-order valence-corrected chi connectivity index (χ0v) is 11.2. The van der Waals surface area contributed by atoms with Gasteiger partial charge in [-0.2, -0.15) is 0 Å². The van der Waals surface area contributed by atoms with Gasteiger partial charge in [0.05, 0.1) is 13.2 Å². The highest BCUT2D eigenvalue weighted by molar-refractivity contribution is 5.38. The molecule has 0 radical (unpaired) electrons. The molecule has 2 rings (SSSR count). The van der Waals surface area contributed by atoms with Crippen LogP contribution in [0.25, 0.3) is 0 Å². The zero-order valence-electron chi connectivity index (χ0n) is 11.2. The van der Waals surface area contributed by atoms with E-state index in [2.05, 4.69) is 0 Å². The third-order valence-corrected chi connectivity index (χ3v) is 3.65. The molecule has 1 aromatic rings. The number of methoxy groups -OCH3 is 1. The van der Waals surface area contributed by atoms with Crippen molar-refractivity contribution in [3.05, 3.63) is 29.3 Å². The van der Waals surface area contributed by atoms with Crippen LogP contribution in [-0.4, -0.2) is 25.4 Å². The summed E-state index contributed by atoms with van der Waals surface area (Å²) in [4.78, 5) is 0. The molecule has 3 heteroatoms. The summed E-state index contributed by atoms with van der Waals surface area (Å²) in [5.74, 6) is 1.34. The van der Waals surface area contributed by atoms with Crippen LogP contribution in [0.4, 0.5) is 0 Å². The topological polar surface area (TPSA) is 38.7 Å². The highest BCUT2D eigenvalue weighted by Crippen LogP contribution is 2.32. The van der Waals surface area contributed by atoms with E-state index in [1.165, 1.54) is 0 Å². The SMILES string of the molecule is COc1cc(C)ccc1C(O)CC1CCOCC1. The van der Waals surface area contributed by atoms with Gasteiger partial charge >= 0.3 is 0 Å². The lowest BCUT2D eigenvalue weighted by atomic mass is 9.90. The molecule has 1 aliphatic heterocycles. The second-order valence-corrected chi connectivity index (χ2v) is 5.05. The number of rotatable bonds is 4. The van der Waals surface area contributed by atoms with Gasteiger partial charge in [0.2, 0.25) is 0 Å². The number of aryl methyl sites for hydroxylation is 1. The van der Waals surface area contributed by atoms with Gasteiger partial charge < -0.3 is 14.6 Å². The van der Waals surface area contributed by atoms with Gasteiger partial charge in [-0.1, -0.05) is 12.1 Å². The molecule has 18 heavy (non-hydrogen) atoms. The van der Waals surface area contributed by atoms with E-state index < -0.39 is 6.10 Å². The van der Waals surface area contributed by atoms with E-state index in [-0.39, 0.29) is 0 Å². The van der Waals surface area contributed by atoms with Gasteiger partial charge in [-0.25, -0.2) is 0 Å². The van der Waals surface area contributed by atoms with Crippen molar-refractivity contribution in [1.29, 1.82) is 0 Å². The van der Waals surface area contributed by atoms with Gasteiger partial charge in [0, 0.05) is 18.8 Å². The fraction of sp³-hybridized carbons (Fsp3) is 0.600. The highest BCUT2D eigenvalue weighted by atomic mass is 16.5. The smallest absolute Gasteiger partial charge is 0.124 e. The molecule has 0 aromatic heterocycles. The van der Waals surface area contributed by atoms with Crippen LogP contribution in [-0.2, 0) is 4.74 Å². The summed E-state index contributed by atoms with van der Waals surface area (Å²) in [6.07, 6.45) is 2.45. The molecule has 1 heterocycles. The van der Waals surface area contributed by atoms with Crippen molar-refractivity contribution in [2.75, 3.05) is 20.3 Å². The standard InChI is InChI=1S/C15H22O3/c1-11-3-4-13(15(9-11)17-2)14(16)10-12-5-7-18-8-6-12/h3-4,9,12,14,16H,5-8,10H2,1-2H3. The molecule has 1 aliphatic rings. The van der Waals surface area contributed by atoms with E-state index in [1.807, 2.05) is 25.1 Å². The second kappa shape index (κ2) is 6.21. The van der Waals surface area contributed by atoms with Crippen molar-refractivity contribution in [3.8, 4) is 5.75 Å². The first-order chi connectivity index (χ1) is 8.70. The molecule has 1 saturated heterocycles. The molecule has 0 amide bonds. The third kappa shape index (κ3) is 3.24. The predicted octanol–water partition coefficient (Wildman–Crippen LogP) is 2.85. The van der Waals surface area contributed by atoms with Gasteiger partial charge in [0.25, 0.3) is 0 Å². The first-order valence-electron chi connectivity index (χ1n) is 6.61. The van der Waals surface area contributed by atoms with Gasteiger partial charge in [0.1, 0.15) is 5.75 Å². The van der Waals surface area contributed by atoms with Gasteiger partial charge in [-0.05, 0) is 43.7 Å². The first-order valence-corrected chi connectivity index (χ1v) is 6.61. The van der Waals surface area contributed by atoms with Crippen LogP contribution in [0.3, 0.4) is 0 Å². The lowest BCUT2D eigenvalue weighted by molar-refractivity contribution is 0.0430. The lowest BCUT2D eigenvalue weighted by Gasteiger charge is -2.25. The minimum Gasteiger partial charge on any atom is -0.496 e. The Kier molecular flexibility index (Phi) is 4.61. The van der Waals surface area contributed by atoms with Gasteiger partial charge in [-0.15, -0.1) is 0 Å². The maximum Gasteiger partial charge on any atom is 0.124 e. The van der Waals surface area contributed by atoms with E-state index in [1.54, 1.807) is 7.11 Å². The van der Waals surface area contributed by atoms with Gasteiger partial charge in [0.15, 0.2) is 0 Å². The Morgan fingerprint density at radius 2 is 2.11 bits per heavy atom. The summed E-state index contributed by atoms with van der Waals surface area (Å²) in [5.41, 5.74) is 2.04. The van der Waals surface area contributed by atoms with Crippen molar-refractivity contribution in [3.63, 3.8) is 0 Å². The molecule has 1 aromatic carbocycles. The van der Waals surface area contributed by atoms with E-state index in [0.717, 1.165) is 49.4 Å². The van der Waals surface area contributed by atoms with Crippen LogP contribution in [0.5, 0.6) is 5.75 Å². The van der Waals surface area contributed by atoms with E-state index >= 15 is 0 Å². The minimum atomic E-state index is -0.441. The maximum absolute atomic E-state index is 10.4. The monoisotopic (exact) mass is 250 g/mol. The first kappa shape index (κ1) is 13.4. The Hall–Kier alpha value is -1.06. The number of benzene rings is 1. The lowest BCUT2D eigenvalue weighted by Crippen LogP contribution is -2.18. The molecule has 0 saturated carbocycles. The Morgan fingerprint density at radius 3 is 2.78 bits per heavy atom. The van der Waals surface area contributed by atoms with Crippen LogP contribution in [0.1, 0.15) is 36.5 Å². The van der Waals surface area contributed by atoms with Crippen molar-refractivity contribution in [2.24, 2.45) is 5.92 Å². The molecule has 0 spiro atoms. The van der Waals surface area contributed by atoms with Crippen LogP contribution in [0.2, 0.25) is 0 Å². The predicted molar refractivity (Wildman–Crippen MR) is 70.9 cm³/mol. The van der Waals surface area contributed by atoms with E-state index in [4.69, 9.17) is 9.47 Å². The summed E-state index contributed by atoms with van der Waals surface area (Å²) in [7, 11) is 1.65. The molecule has 1 fully saturated rings. The molecular weight excluding hydrogens is 228 g/mol. The average molecular weight is 250 g/mol. The summed E-state index contributed by atoms with van der Waals surface area (Å²) in [5, 5.41) is 10.4. The number of aliphatic hydroxyl groups is 1. The Balaban J connectivity index is 2.05. The summed E-state index contributed by atoms with van der Waals surface area (Å²) >= 11 is 0. The number of ether oxygens (including phenoxy) is 2. The maximum atomic E-state index is 10.4. The normalized spacial score (nSPS) is 18.6. The van der Waals surface area contributed by atoms with Crippen molar-refractivity contribution in [1.82, 2.24) is 0 Å². The van der Waals surface area contributed by atoms with E-state index in [0.29, 0.717) is 5.92 Å². The molecular formula is C15H22O3. The molecule has 0 aliphatic carbocycles. The van der Waals surface area contributed by atoms with Crippen molar-refractivity contribution >= 4 is 0 Å². The fourth-order valence-electron chi connectivity index (χ4n) is 2.52. The molecule has 1 atom stereocenters. The largest absolute Gasteiger partial charge is 0.496 e. The molecule has 1 unspecified atom stereocenters. The zero-order chi connectivity index (χ0) is 13.0. The minimum absolute atomic E-state index is 0.441. The fourth-order valence-corrected chi connectivity index (χ4v) is 2.52. The van der Waals surface area contributed by atoms with Gasteiger partial charge in [-0.3, -0.25) is 0 Å². The number of hydrogen-bond acceptors (Lipinski definition) is 3. The highest BCUT2D eigenvalue weighted by Gasteiger charge is 2.21. The summed E-state index contributed by atoms with van der Waals surface area (Å²) < 4.78 is 10.7. The Morgan fingerprint density at radius 1 is 1.39 bits per heavy atom. The Bertz CT molecular complexity index is 383. The Labute approximate surface area is 109 Å². The van der Waals surface area contributed by atoms with Crippen LogP contribution in [0, 0.1) is 12.8 Å². The third-order valence-electron chi connectivity index (χ3n) is 3.65. The number of hydrogen-bond donors (Lipinski definition) is 1. The molecule has 100 valence electrons. The van der Waals surface area contributed by atoms with Crippen LogP contribution < -0.4 is 4.74 Å². The van der Waals surface area contributed by atoms with Crippen molar-refractivity contribution in [2.45, 2.75) is 32.3 Å². The van der Waals surface area contributed by atoms with Crippen LogP contribution >= 0.6 is 0 Å². The molecule has 1 N–H and O–H groups in total. The summed E-state index contributed by atoms with van der Waals surface area (Å²) in [6, 6.07) is 5.96. The van der Waals surface area contributed by atoms with Crippen LogP contribution in [0.15, 0.2) is 18.2 Å². The second-order valence-electron chi connectivity index (χ2n) is 5.05. The summed E-state index contributed by atoms with van der Waals surface area (Å²) in [6.45, 7) is 3.67. The quantitative estimate of drug-likeness (QED) is 0.893. The number of aliphatic hydroxyl groups excluding tert-OH is 1. The molecule has 0 bridgehead atoms. The molecule has 3 nitrogen and oxygen atoms in total. The van der Waals surface area contributed by atoms with Crippen molar-refractivity contribution < 1.29 is 14.6 Å². The van der Waals surface area contributed by atoms with E-state index in [9.17, 15) is 5.11 Å².